The first-order chi connectivity index (χ1) is 9.47. The molecule has 2 aromatic rings. The molecule has 0 spiro atoms. The predicted molar refractivity (Wildman–Crippen MR) is 72.8 cm³/mol. The van der Waals surface area contributed by atoms with Crippen LogP contribution in [0.3, 0.4) is 0 Å². The third-order valence-corrected chi connectivity index (χ3v) is 2.60. The Morgan fingerprint density at radius 3 is 2.40 bits per heavy atom. The Labute approximate surface area is 114 Å². The summed E-state index contributed by atoms with van der Waals surface area (Å²) in [4.78, 5) is 21.9. The number of primary amides is 1. The van der Waals surface area contributed by atoms with Crippen LogP contribution in [0.25, 0.3) is 0 Å². The summed E-state index contributed by atoms with van der Waals surface area (Å²) in [7, 11) is 0. The van der Waals surface area contributed by atoms with Gasteiger partial charge in [-0.05, 0) is 36.4 Å². The highest BCUT2D eigenvalue weighted by Gasteiger charge is 2.09. The van der Waals surface area contributed by atoms with E-state index in [1.54, 1.807) is 18.2 Å². The smallest absolute Gasteiger partial charge is 0.335 e. The van der Waals surface area contributed by atoms with Gasteiger partial charge in [-0.1, -0.05) is 6.07 Å². The molecule has 0 unspecified atom stereocenters. The van der Waals surface area contributed by atoms with Crippen molar-refractivity contribution in [2.24, 2.45) is 5.73 Å². The molecule has 0 atom stereocenters. The molecule has 0 aromatic heterocycles. The van der Waals surface area contributed by atoms with Crippen LogP contribution in [-0.2, 0) is 0 Å². The van der Waals surface area contributed by atoms with Gasteiger partial charge < -0.3 is 21.3 Å². The van der Waals surface area contributed by atoms with E-state index in [-0.39, 0.29) is 11.3 Å². The molecule has 6 heteroatoms. The molecule has 2 aromatic carbocycles. The molecule has 6 nitrogen and oxygen atoms in total. The zero-order valence-corrected chi connectivity index (χ0v) is 10.4. The van der Waals surface area contributed by atoms with E-state index >= 15 is 0 Å². The van der Waals surface area contributed by atoms with Gasteiger partial charge in [-0.25, -0.2) is 4.79 Å². The van der Waals surface area contributed by atoms with Gasteiger partial charge in [-0.3, -0.25) is 4.79 Å². The van der Waals surface area contributed by atoms with Gasteiger partial charge in [0, 0.05) is 5.56 Å². The number of nitrogens with two attached hydrogens (primary N) is 2. The average Bonchev–Trinajstić information content (AvgIpc) is 2.41. The SMILES string of the molecule is NC(=O)c1cccc(Oc2ccc(C(=O)O)cc2N)c1. The van der Waals surface area contributed by atoms with Crippen LogP contribution in [-0.4, -0.2) is 17.0 Å². The van der Waals surface area contributed by atoms with Crippen molar-refractivity contribution in [2.45, 2.75) is 0 Å². The maximum atomic E-state index is 11.1. The molecule has 0 saturated carbocycles. The van der Waals surface area contributed by atoms with Gasteiger partial charge in [0.25, 0.3) is 0 Å². The van der Waals surface area contributed by atoms with Crippen molar-refractivity contribution in [2.75, 3.05) is 5.73 Å². The van der Waals surface area contributed by atoms with Gasteiger partial charge in [0.15, 0.2) is 0 Å². The minimum atomic E-state index is -1.07. The number of nitrogen functional groups attached to an aromatic ring is 1. The number of ether oxygens (including phenoxy) is 1. The van der Waals surface area contributed by atoms with E-state index in [0.717, 1.165) is 0 Å². The normalized spacial score (nSPS) is 10.0. The Hall–Kier alpha value is -3.02. The van der Waals surface area contributed by atoms with Crippen molar-refractivity contribution in [1.29, 1.82) is 0 Å². The lowest BCUT2D eigenvalue weighted by atomic mass is 10.2. The monoisotopic (exact) mass is 272 g/mol. The number of carboxylic acids is 1. The van der Waals surface area contributed by atoms with Gasteiger partial charge in [-0.2, -0.15) is 0 Å². The summed E-state index contributed by atoms with van der Waals surface area (Å²) in [5.74, 6) is -0.948. The summed E-state index contributed by atoms with van der Waals surface area (Å²) in [6, 6.07) is 10.4. The molecule has 5 N–H and O–H groups in total. The van der Waals surface area contributed by atoms with E-state index in [1.807, 2.05) is 0 Å². The second-order valence-electron chi connectivity index (χ2n) is 4.05. The highest BCUT2D eigenvalue weighted by molar-refractivity contribution is 5.93. The molecule has 0 aliphatic rings. The van der Waals surface area contributed by atoms with Crippen LogP contribution in [0.15, 0.2) is 42.5 Å². The van der Waals surface area contributed by atoms with Gasteiger partial charge in [0.2, 0.25) is 5.91 Å². The van der Waals surface area contributed by atoms with Crippen LogP contribution >= 0.6 is 0 Å². The summed E-state index contributed by atoms with van der Waals surface area (Å²) in [6.07, 6.45) is 0. The van der Waals surface area contributed by atoms with E-state index in [9.17, 15) is 9.59 Å². The first kappa shape index (κ1) is 13.4. The fraction of sp³-hybridized carbons (Fsp3) is 0. The van der Waals surface area contributed by atoms with E-state index in [2.05, 4.69) is 0 Å². The molecule has 0 saturated heterocycles. The Morgan fingerprint density at radius 2 is 1.80 bits per heavy atom. The maximum Gasteiger partial charge on any atom is 0.335 e. The fourth-order valence-corrected chi connectivity index (χ4v) is 1.61. The number of benzene rings is 2. The Kier molecular flexibility index (Phi) is 3.56. The first-order valence-corrected chi connectivity index (χ1v) is 5.68. The highest BCUT2D eigenvalue weighted by Crippen LogP contribution is 2.28. The topological polar surface area (TPSA) is 116 Å². The molecule has 20 heavy (non-hydrogen) atoms. The molecule has 1 amide bonds. The summed E-state index contributed by atoms with van der Waals surface area (Å²) in [6.45, 7) is 0. The van der Waals surface area contributed by atoms with Gasteiger partial charge in [0.05, 0.1) is 11.3 Å². The van der Waals surface area contributed by atoms with Crippen LogP contribution in [0.2, 0.25) is 0 Å². The number of carbonyl (C=O) groups excluding carboxylic acids is 1. The Morgan fingerprint density at radius 1 is 1.05 bits per heavy atom. The molecule has 2 rings (SSSR count). The Balaban J connectivity index is 2.28. The van der Waals surface area contributed by atoms with Crippen molar-refractivity contribution < 1.29 is 19.4 Å². The summed E-state index contributed by atoms with van der Waals surface area (Å²) >= 11 is 0. The molecule has 0 radical (unpaired) electrons. The summed E-state index contributed by atoms with van der Waals surface area (Å²) < 4.78 is 5.51. The van der Waals surface area contributed by atoms with Crippen LogP contribution in [0.4, 0.5) is 5.69 Å². The largest absolute Gasteiger partial charge is 0.478 e. The number of carbonyl (C=O) groups is 2. The summed E-state index contributed by atoms with van der Waals surface area (Å²) in [5.41, 5.74) is 11.5. The molecule has 0 aliphatic carbocycles. The van der Waals surface area contributed by atoms with Crippen molar-refractivity contribution in [3.63, 3.8) is 0 Å². The summed E-state index contributed by atoms with van der Waals surface area (Å²) in [5, 5.41) is 8.84. The minimum Gasteiger partial charge on any atom is -0.478 e. The first-order valence-electron chi connectivity index (χ1n) is 5.68. The standard InChI is InChI=1S/C14H12N2O4/c15-11-7-9(14(18)19)4-5-12(11)20-10-3-1-2-8(6-10)13(16)17/h1-7H,15H2,(H2,16,17)(H,18,19). The van der Waals surface area contributed by atoms with E-state index in [0.29, 0.717) is 17.1 Å². The van der Waals surface area contributed by atoms with E-state index in [4.69, 9.17) is 21.3 Å². The van der Waals surface area contributed by atoms with Crippen LogP contribution < -0.4 is 16.2 Å². The second-order valence-corrected chi connectivity index (χ2v) is 4.05. The molecule has 0 aliphatic heterocycles. The number of rotatable bonds is 4. The number of amides is 1. The second kappa shape index (κ2) is 5.31. The van der Waals surface area contributed by atoms with E-state index in [1.165, 1.54) is 24.3 Å². The highest BCUT2D eigenvalue weighted by atomic mass is 16.5. The molecule has 102 valence electrons. The molecule has 0 fully saturated rings. The van der Waals surface area contributed by atoms with Crippen LogP contribution in [0.5, 0.6) is 11.5 Å². The van der Waals surface area contributed by atoms with Crippen LogP contribution in [0, 0.1) is 0 Å². The lowest BCUT2D eigenvalue weighted by molar-refractivity contribution is 0.0696. The molecule has 0 bridgehead atoms. The van der Waals surface area contributed by atoms with Crippen molar-refractivity contribution in [3.8, 4) is 11.5 Å². The van der Waals surface area contributed by atoms with Gasteiger partial charge in [0.1, 0.15) is 11.5 Å². The number of anilines is 1. The third kappa shape index (κ3) is 2.86. The lowest BCUT2D eigenvalue weighted by Gasteiger charge is -2.09. The zero-order valence-electron chi connectivity index (χ0n) is 10.4. The number of aromatic carboxylic acids is 1. The van der Waals surface area contributed by atoms with Gasteiger partial charge >= 0.3 is 5.97 Å². The Bertz CT molecular complexity index is 683. The third-order valence-electron chi connectivity index (χ3n) is 2.60. The maximum absolute atomic E-state index is 11.1. The number of hydrogen-bond acceptors (Lipinski definition) is 4. The molecular formula is C14H12N2O4. The average molecular weight is 272 g/mol. The minimum absolute atomic E-state index is 0.0701. The zero-order chi connectivity index (χ0) is 14.7. The predicted octanol–water partition coefficient (Wildman–Crippen LogP) is 1.86. The number of hydrogen-bond donors (Lipinski definition) is 3. The van der Waals surface area contributed by atoms with Crippen molar-refractivity contribution in [1.82, 2.24) is 0 Å². The van der Waals surface area contributed by atoms with Crippen molar-refractivity contribution in [3.05, 3.63) is 53.6 Å². The van der Waals surface area contributed by atoms with Crippen LogP contribution in [0.1, 0.15) is 20.7 Å². The van der Waals surface area contributed by atoms with Gasteiger partial charge in [-0.15, -0.1) is 0 Å². The molecule has 0 heterocycles. The molecular weight excluding hydrogens is 260 g/mol. The van der Waals surface area contributed by atoms with Crippen molar-refractivity contribution >= 4 is 17.6 Å². The lowest BCUT2D eigenvalue weighted by Crippen LogP contribution is -2.10. The fourth-order valence-electron chi connectivity index (χ4n) is 1.61. The number of carboxylic acid groups (broad SMARTS) is 1. The van der Waals surface area contributed by atoms with E-state index < -0.39 is 11.9 Å². The quantitative estimate of drug-likeness (QED) is 0.734.